The third-order valence-corrected chi connectivity index (χ3v) is 3.62. The molecule has 0 aliphatic heterocycles. The first-order valence-corrected chi connectivity index (χ1v) is 6.16. The Bertz CT molecular complexity index is 539. The Kier molecular flexibility index (Phi) is 3.71. The number of carbonyl (C=O) groups excluding carboxylic acids is 1. The lowest BCUT2D eigenvalue weighted by atomic mass is 9.66. The molecular weight excluding hydrogens is 269 g/mol. The highest BCUT2D eigenvalue weighted by atomic mass is 19.4. The summed E-state index contributed by atoms with van der Waals surface area (Å²) in [6.07, 6.45) is 2.48. The van der Waals surface area contributed by atoms with Gasteiger partial charge >= 0.3 is 6.18 Å². The molecule has 6 heteroatoms. The van der Waals surface area contributed by atoms with Crippen molar-refractivity contribution in [1.82, 2.24) is 10.3 Å². The fourth-order valence-corrected chi connectivity index (χ4v) is 2.26. The van der Waals surface area contributed by atoms with E-state index < -0.39 is 17.5 Å². The molecule has 0 radical (unpaired) electrons. The molecule has 1 amide bonds. The van der Waals surface area contributed by atoms with Gasteiger partial charge < -0.3 is 5.32 Å². The number of halogens is 3. The molecule has 3 nitrogen and oxygen atoms in total. The van der Waals surface area contributed by atoms with Crippen molar-refractivity contribution in [2.24, 2.45) is 0 Å². The standard InChI is InChI=1S/C14H13F3N2O/c1-2-8-18-12(20)10-4-5-11(19-9-10)13(6-3-7-13)14(15,16)17/h1,4-5,9H,3,6-8H2,(H,18,20). The first kappa shape index (κ1) is 14.4. The fourth-order valence-electron chi connectivity index (χ4n) is 2.26. The van der Waals surface area contributed by atoms with Gasteiger partial charge in [-0.2, -0.15) is 13.2 Å². The predicted molar refractivity (Wildman–Crippen MR) is 67.0 cm³/mol. The summed E-state index contributed by atoms with van der Waals surface area (Å²) in [4.78, 5) is 15.4. The zero-order valence-electron chi connectivity index (χ0n) is 10.6. The Labute approximate surface area is 114 Å². The van der Waals surface area contributed by atoms with E-state index in [-0.39, 0.29) is 30.6 Å². The van der Waals surface area contributed by atoms with Crippen molar-refractivity contribution in [1.29, 1.82) is 0 Å². The molecule has 1 heterocycles. The quantitative estimate of drug-likeness (QED) is 0.865. The van der Waals surface area contributed by atoms with Gasteiger partial charge in [0.25, 0.3) is 5.91 Å². The molecule has 0 aromatic carbocycles. The Hall–Kier alpha value is -2.03. The van der Waals surface area contributed by atoms with Gasteiger partial charge in [-0.1, -0.05) is 12.3 Å². The number of rotatable bonds is 3. The molecule has 0 spiro atoms. The van der Waals surface area contributed by atoms with Crippen LogP contribution in [-0.4, -0.2) is 23.6 Å². The van der Waals surface area contributed by atoms with Crippen molar-refractivity contribution in [2.45, 2.75) is 30.9 Å². The number of nitrogens with zero attached hydrogens (tertiary/aromatic N) is 1. The predicted octanol–water partition coefficient (Wildman–Crippen LogP) is 2.43. The van der Waals surface area contributed by atoms with Crippen LogP contribution in [0.25, 0.3) is 0 Å². The van der Waals surface area contributed by atoms with Gasteiger partial charge in [0.1, 0.15) is 5.41 Å². The SMILES string of the molecule is C#CCNC(=O)c1ccc(C2(C(F)(F)F)CCC2)nc1. The second-order valence-electron chi connectivity index (χ2n) is 4.75. The van der Waals surface area contributed by atoms with Gasteiger partial charge in [0, 0.05) is 6.20 Å². The molecule has 1 N–H and O–H groups in total. The van der Waals surface area contributed by atoms with Crippen molar-refractivity contribution >= 4 is 5.91 Å². The molecule has 1 aromatic rings. The molecule has 0 saturated heterocycles. The number of nitrogens with one attached hydrogen (secondary N) is 1. The number of hydrogen-bond donors (Lipinski definition) is 1. The first-order chi connectivity index (χ1) is 9.40. The van der Waals surface area contributed by atoms with Gasteiger partial charge in [-0.05, 0) is 25.0 Å². The molecule has 0 bridgehead atoms. The number of pyridine rings is 1. The summed E-state index contributed by atoms with van der Waals surface area (Å²) in [5.41, 5.74) is -1.67. The van der Waals surface area contributed by atoms with Gasteiger partial charge in [-0.15, -0.1) is 6.42 Å². The zero-order chi connectivity index (χ0) is 14.8. The second-order valence-corrected chi connectivity index (χ2v) is 4.75. The van der Waals surface area contributed by atoms with E-state index in [1.807, 2.05) is 0 Å². The normalized spacial score (nSPS) is 16.9. The Balaban J connectivity index is 2.20. The number of aromatic nitrogens is 1. The van der Waals surface area contributed by atoms with Crippen LogP contribution in [0.15, 0.2) is 18.3 Å². The van der Waals surface area contributed by atoms with Crippen LogP contribution < -0.4 is 5.32 Å². The number of carbonyl (C=O) groups is 1. The number of alkyl halides is 3. The summed E-state index contributed by atoms with van der Waals surface area (Å²) in [5, 5.41) is 2.43. The Morgan fingerprint density at radius 3 is 2.55 bits per heavy atom. The van der Waals surface area contributed by atoms with Crippen LogP contribution in [-0.2, 0) is 5.41 Å². The number of terminal acetylenes is 1. The van der Waals surface area contributed by atoms with Gasteiger partial charge in [-0.25, -0.2) is 0 Å². The van der Waals surface area contributed by atoms with Gasteiger partial charge in [-0.3, -0.25) is 9.78 Å². The maximum absolute atomic E-state index is 13.1. The van der Waals surface area contributed by atoms with E-state index in [1.165, 1.54) is 12.1 Å². The summed E-state index contributed by atoms with van der Waals surface area (Å²) in [6, 6.07) is 2.62. The lowest BCUT2D eigenvalue weighted by molar-refractivity contribution is -0.214. The highest BCUT2D eigenvalue weighted by molar-refractivity contribution is 5.94. The molecule has 20 heavy (non-hydrogen) atoms. The van der Waals surface area contributed by atoms with Crippen molar-refractivity contribution < 1.29 is 18.0 Å². The summed E-state index contributed by atoms with van der Waals surface area (Å²) < 4.78 is 39.4. The van der Waals surface area contributed by atoms with E-state index in [9.17, 15) is 18.0 Å². The van der Waals surface area contributed by atoms with Crippen molar-refractivity contribution in [2.75, 3.05) is 6.54 Å². The number of hydrogen-bond acceptors (Lipinski definition) is 2. The Morgan fingerprint density at radius 1 is 1.45 bits per heavy atom. The highest BCUT2D eigenvalue weighted by Crippen LogP contribution is 2.53. The summed E-state index contributed by atoms with van der Waals surface area (Å²) in [7, 11) is 0. The zero-order valence-corrected chi connectivity index (χ0v) is 10.6. The largest absolute Gasteiger partial charge is 0.399 e. The summed E-state index contributed by atoms with van der Waals surface area (Å²) in [6.45, 7) is 0.0626. The van der Waals surface area contributed by atoms with E-state index in [0.29, 0.717) is 6.42 Å². The van der Waals surface area contributed by atoms with Crippen LogP contribution >= 0.6 is 0 Å². The maximum Gasteiger partial charge on any atom is 0.399 e. The minimum atomic E-state index is -4.31. The maximum atomic E-state index is 13.1. The van der Waals surface area contributed by atoms with Crippen LogP contribution in [0, 0.1) is 12.3 Å². The van der Waals surface area contributed by atoms with Crippen molar-refractivity contribution in [3.8, 4) is 12.3 Å². The summed E-state index contributed by atoms with van der Waals surface area (Å²) in [5.74, 6) is 1.79. The summed E-state index contributed by atoms with van der Waals surface area (Å²) >= 11 is 0. The second kappa shape index (κ2) is 5.16. The van der Waals surface area contributed by atoms with Gasteiger partial charge in [0.05, 0.1) is 17.8 Å². The molecule has 2 rings (SSSR count). The average molecular weight is 282 g/mol. The van der Waals surface area contributed by atoms with Crippen LogP contribution in [0.3, 0.4) is 0 Å². The molecular formula is C14H13F3N2O. The number of amides is 1. The molecule has 1 aliphatic carbocycles. The van der Waals surface area contributed by atoms with Crippen LogP contribution in [0.5, 0.6) is 0 Å². The molecule has 1 saturated carbocycles. The third-order valence-electron chi connectivity index (χ3n) is 3.62. The van der Waals surface area contributed by atoms with Gasteiger partial charge in [0.2, 0.25) is 0 Å². The van der Waals surface area contributed by atoms with Crippen LogP contribution in [0.2, 0.25) is 0 Å². The van der Waals surface area contributed by atoms with Crippen LogP contribution in [0.4, 0.5) is 13.2 Å². The van der Waals surface area contributed by atoms with Crippen LogP contribution in [0.1, 0.15) is 35.3 Å². The monoisotopic (exact) mass is 282 g/mol. The van der Waals surface area contributed by atoms with E-state index in [2.05, 4.69) is 16.2 Å². The van der Waals surface area contributed by atoms with Gasteiger partial charge in [0.15, 0.2) is 0 Å². The minimum Gasteiger partial charge on any atom is -0.341 e. The van der Waals surface area contributed by atoms with E-state index in [4.69, 9.17) is 6.42 Å². The topological polar surface area (TPSA) is 42.0 Å². The van der Waals surface area contributed by atoms with E-state index in [0.717, 1.165) is 6.20 Å². The fraction of sp³-hybridized carbons (Fsp3) is 0.429. The van der Waals surface area contributed by atoms with E-state index in [1.54, 1.807) is 0 Å². The molecule has 106 valence electrons. The minimum absolute atomic E-state index is 0.0234. The van der Waals surface area contributed by atoms with Crippen molar-refractivity contribution in [3.63, 3.8) is 0 Å². The molecule has 1 aromatic heterocycles. The third kappa shape index (κ3) is 2.36. The van der Waals surface area contributed by atoms with Crippen molar-refractivity contribution in [3.05, 3.63) is 29.6 Å². The lowest BCUT2D eigenvalue weighted by Crippen LogP contribution is -2.48. The molecule has 1 aliphatic rings. The van der Waals surface area contributed by atoms with E-state index >= 15 is 0 Å². The molecule has 0 unspecified atom stereocenters. The smallest absolute Gasteiger partial charge is 0.341 e. The molecule has 0 atom stereocenters. The lowest BCUT2D eigenvalue weighted by Gasteiger charge is -2.42. The Morgan fingerprint density at radius 2 is 2.15 bits per heavy atom. The highest BCUT2D eigenvalue weighted by Gasteiger charge is 2.60. The molecule has 1 fully saturated rings. The first-order valence-electron chi connectivity index (χ1n) is 6.16. The average Bonchev–Trinajstić information content (AvgIpc) is 2.33.